The molecule has 0 amide bonds. The number of nitrogens with zero attached hydrogens (tertiary/aromatic N) is 3. The largest absolute Gasteiger partial charge is 0.294 e. The maximum atomic E-state index is 12.1. The van der Waals surface area contributed by atoms with Gasteiger partial charge in [0.25, 0.3) is 0 Å². The summed E-state index contributed by atoms with van der Waals surface area (Å²) in [6, 6.07) is 6.89. The van der Waals surface area contributed by atoms with Crippen molar-refractivity contribution in [3.8, 4) is 0 Å². The average Bonchev–Trinajstić information content (AvgIpc) is 2.76. The lowest BCUT2D eigenvalue weighted by molar-refractivity contribution is 0.0989. The number of rotatable bonds is 5. The number of carbonyl (C=O) groups excluding carboxylic acids is 1. The first-order valence-corrected chi connectivity index (χ1v) is 6.59. The second-order valence-corrected chi connectivity index (χ2v) is 5.30. The predicted molar refractivity (Wildman–Crippen MR) is 74.3 cm³/mol. The van der Waals surface area contributed by atoms with Gasteiger partial charge in [-0.05, 0) is 30.2 Å². The lowest BCUT2D eigenvalue weighted by atomic mass is 10.1. The Balaban J connectivity index is 2.10. The molecule has 0 saturated carbocycles. The number of hydrogen-bond acceptors (Lipinski definition) is 3. The molecule has 0 unspecified atom stereocenters. The van der Waals surface area contributed by atoms with Crippen LogP contribution < -0.4 is 0 Å². The zero-order chi connectivity index (χ0) is 13.8. The third-order valence-electron chi connectivity index (χ3n) is 2.72. The summed E-state index contributed by atoms with van der Waals surface area (Å²) in [4.78, 5) is 16.3. The van der Waals surface area contributed by atoms with Gasteiger partial charge in [0, 0.05) is 17.1 Å². The van der Waals surface area contributed by atoms with Gasteiger partial charge in [-0.15, -0.1) is 0 Å². The first-order valence-electron chi connectivity index (χ1n) is 6.21. The zero-order valence-corrected chi connectivity index (χ0v) is 11.8. The number of aromatic nitrogens is 3. The third kappa shape index (κ3) is 3.64. The first-order chi connectivity index (χ1) is 9.06. The van der Waals surface area contributed by atoms with Gasteiger partial charge in [0.2, 0.25) is 0 Å². The maximum Gasteiger partial charge on any atom is 0.170 e. The molecule has 0 aliphatic rings. The molecule has 100 valence electrons. The standard InChI is InChI=1S/C14H16ClN3O/c1-10(2)8-18-14(16-9-17-18)7-13(19)11-3-5-12(15)6-4-11/h3-6,9-10H,7-8H2,1-2H3. The van der Waals surface area contributed by atoms with Crippen LogP contribution in [0.3, 0.4) is 0 Å². The van der Waals surface area contributed by atoms with Crippen molar-refractivity contribution in [2.24, 2.45) is 5.92 Å². The summed E-state index contributed by atoms with van der Waals surface area (Å²) in [6.45, 7) is 4.97. The molecule has 0 aliphatic carbocycles. The third-order valence-corrected chi connectivity index (χ3v) is 2.97. The van der Waals surface area contributed by atoms with Gasteiger partial charge in [-0.2, -0.15) is 5.10 Å². The maximum absolute atomic E-state index is 12.1. The SMILES string of the molecule is CC(C)Cn1ncnc1CC(=O)c1ccc(Cl)cc1. The molecule has 5 heteroatoms. The van der Waals surface area contributed by atoms with Crippen LogP contribution in [0.2, 0.25) is 5.02 Å². The Labute approximate surface area is 117 Å². The monoisotopic (exact) mass is 277 g/mol. The van der Waals surface area contributed by atoms with E-state index in [1.165, 1.54) is 6.33 Å². The highest BCUT2D eigenvalue weighted by Crippen LogP contribution is 2.12. The van der Waals surface area contributed by atoms with E-state index in [0.29, 0.717) is 22.3 Å². The van der Waals surface area contributed by atoms with Gasteiger partial charge in [0.05, 0.1) is 6.42 Å². The van der Waals surface area contributed by atoms with Crippen molar-refractivity contribution in [3.05, 3.63) is 47.0 Å². The van der Waals surface area contributed by atoms with Crippen molar-refractivity contribution in [1.82, 2.24) is 14.8 Å². The molecule has 0 radical (unpaired) electrons. The fourth-order valence-corrected chi connectivity index (χ4v) is 1.93. The van der Waals surface area contributed by atoms with Crippen LogP contribution in [0.25, 0.3) is 0 Å². The molecule has 1 aromatic heterocycles. The van der Waals surface area contributed by atoms with Gasteiger partial charge >= 0.3 is 0 Å². The Morgan fingerprint density at radius 2 is 2.00 bits per heavy atom. The summed E-state index contributed by atoms with van der Waals surface area (Å²) in [7, 11) is 0. The Kier molecular flexibility index (Phi) is 4.32. The molecule has 2 rings (SSSR count). The summed E-state index contributed by atoms with van der Waals surface area (Å²) in [5.41, 5.74) is 0.642. The number of hydrogen-bond donors (Lipinski definition) is 0. The van der Waals surface area contributed by atoms with E-state index in [1.807, 2.05) is 0 Å². The van der Waals surface area contributed by atoms with Gasteiger partial charge in [-0.1, -0.05) is 25.4 Å². The minimum atomic E-state index is 0.0228. The summed E-state index contributed by atoms with van der Waals surface area (Å²) >= 11 is 5.80. The van der Waals surface area contributed by atoms with Crippen LogP contribution in [0.1, 0.15) is 30.0 Å². The molecule has 1 heterocycles. The van der Waals surface area contributed by atoms with Gasteiger partial charge in [-0.25, -0.2) is 9.67 Å². The molecule has 0 saturated heterocycles. The number of halogens is 1. The quantitative estimate of drug-likeness (QED) is 0.789. The molecule has 0 atom stereocenters. The highest BCUT2D eigenvalue weighted by molar-refractivity contribution is 6.30. The summed E-state index contributed by atoms with van der Waals surface area (Å²) in [6.07, 6.45) is 1.75. The molecule has 0 bridgehead atoms. The van der Waals surface area contributed by atoms with Crippen molar-refractivity contribution < 1.29 is 4.79 Å². The van der Waals surface area contributed by atoms with E-state index >= 15 is 0 Å². The number of Topliss-reactive ketones (excluding diaryl/α,β-unsaturated/α-hetero) is 1. The van der Waals surface area contributed by atoms with Crippen molar-refractivity contribution in [1.29, 1.82) is 0 Å². The zero-order valence-electron chi connectivity index (χ0n) is 11.0. The summed E-state index contributed by atoms with van der Waals surface area (Å²) in [5.74, 6) is 1.19. The number of carbonyl (C=O) groups is 1. The first kappa shape index (κ1) is 13.7. The summed E-state index contributed by atoms with van der Waals surface area (Å²) < 4.78 is 1.79. The topological polar surface area (TPSA) is 47.8 Å². The smallest absolute Gasteiger partial charge is 0.170 e. The summed E-state index contributed by atoms with van der Waals surface area (Å²) in [5, 5.41) is 4.77. The average molecular weight is 278 g/mol. The number of benzene rings is 1. The Hall–Kier alpha value is -1.68. The minimum absolute atomic E-state index is 0.0228. The molecular weight excluding hydrogens is 262 g/mol. The molecule has 2 aromatic rings. The van der Waals surface area contributed by atoms with E-state index in [-0.39, 0.29) is 12.2 Å². The van der Waals surface area contributed by atoms with Crippen molar-refractivity contribution in [2.75, 3.05) is 0 Å². The molecule has 0 N–H and O–H groups in total. The Morgan fingerprint density at radius 1 is 1.32 bits per heavy atom. The van der Waals surface area contributed by atoms with Crippen molar-refractivity contribution in [3.63, 3.8) is 0 Å². The second kappa shape index (κ2) is 5.97. The van der Waals surface area contributed by atoms with Crippen LogP contribution in [-0.2, 0) is 13.0 Å². The normalized spacial score (nSPS) is 10.9. The van der Waals surface area contributed by atoms with E-state index in [1.54, 1.807) is 28.9 Å². The minimum Gasteiger partial charge on any atom is -0.294 e. The van der Waals surface area contributed by atoms with Gasteiger partial charge < -0.3 is 0 Å². The lowest BCUT2D eigenvalue weighted by Gasteiger charge is -2.08. The van der Waals surface area contributed by atoms with E-state index in [0.717, 1.165) is 6.54 Å². The predicted octanol–water partition coefficient (Wildman–Crippen LogP) is 3.01. The van der Waals surface area contributed by atoms with Crippen LogP contribution in [0.4, 0.5) is 0 Å². The van der Waals surface area contributed by atoms with Crippen molar-refractivity contribution in [2.45, 2.75) is 26.8 Å². The molecule has 0 fully saturated rings. The van der Waals surface area contributed by atoms with E-state index in [2.05, 4.69) is 23.9 Å². The van der Waals surface area contributed by atoms with Crippen LogP contribution in [-0.4, -0.2) is 20.5 Å². The van der Waals surface area contributed by atoms with E-state index in [4.69, 9.17) is 11.6 Å². The fraction of sp³-hybridized carbons (Fsp3) is 0.357. The van der Waals surface area contributed by atoms with Crippen LogP contribution in [0.15, 0.2) is 30.6 Å². The van der Waals surface area contributed by atoms with E-state index < -0.39 is 0 Å². The molecule has 19 heavy (non-hydrogen) atoms. The van der Waals surface area contributed by atoms with Gasteiger partial charge in [0.1, 0.15) is 12.2 Å². The second-order valence-electron chi connectivity index (χ2n) is 4.86. The Morgan fingerprint density at radius 3 is 2.63 bits per heavy atom. The van der Waals surface area contributed by atoms with Crippen LogP contribution in [0.5, 0.6) is 0 Å². The van der Waals surface area contributed by atoms with E-state index in [9.17, 15) is 4.79 Å². The Bertz CT molecular complexity index is 560. The molecule has 1 aromatic carbocycles. The van der Waals surface area contributed by atoms with Crippen LogP contribution >= 0.6 is 11.6 Å². The van der Waals surface area contributed by atoms with Gasteiger partial charge in [0.15, 0.2) is 5.78 Å². The van der Waals surface area contributed by atoms with Gasteiger partial charge in [-0.3, -0.25) is 4.79 Å². The molecular formula is C14H16ClN3O. The molecule has 0 aliphatic heterocycles. The van der Waals surface area contributed by atoms with Crippen molar-refractivity contribution >= 4 is 17.4 Å². The van der Waals surface area contributed by atoms with Crippen LogP contribution in [0, 0.1) is 5.92 Å². The highest BCUT2D eigenvalue weighted by Gasteiger charge is 2.12. The molecule has 4 nitrogen and oxygen atoms in total. The fourth-order valence-electron chi connectivity index (χ4n) is 1.80. The molecule has 0 spiro atoms. The highest BCUT2D eigenvalue weighted by atomic mass is 35.5. The lowest BCUT2D eigenvalue weighted by Crippen LogP contribution is -2.14. The number of ketones is 1.